The molecule has 164 valence electrons. The van der Waals surface area contributed by atoms with E-state index in [4.69, 9.17) is 10.00 Å². The van der Waals surface area contributed by atoms with Crippen LogP contribution in [0.3, 0.4) is 0 Å². The summed E-state index contributed by atoms with van der Waals surface area (Å²) in [6.07, 6.45) is 2.65. The highest BCUT2D eigenvalue weighted by atomic mass is 16.5. The molecular weight excluding hydrogens is 406 g/mol. The number of benzene rings is 2. The van der Waals surface area contributed by atoms with Gasteiger partial charge in [0.15, 0.2) is 5.78 Å². The molecule has 0 spiro atoms. The van der Waals surface area contributed by atoms with E-state index < -0.39 is 5.97 Å². The highest BCUT2D eigenvalue weighted by Crippen LogP contribution is 2.24. The molecule has 0 N–H and O–H groups in total. The molecule has 0 aliphatic rings. The Morgan fingerprint density at radius 2 is 1.84 bits per heavy atom. The van der Waals surface area contributed by atoms with Gasteiger partial charge in [0, 0.05) is 48.7 Å². The van der Waals surface area contributed by atoms with E-state index in [2.05, 4.69) is 6.07 Å². The van der Waals surface area contributed by atoms with E-state index in [1.54, 1.807) is 43.5 Å². The van der Waals surface area contributed by atoms with Gasteiger partial charge in [-0.2, -0.15) is 5.26 Å². The molecule has 0 saturated heterocycles. The lowest BCUT2D eigenvalue weighted by molar-refractivity contribution is -0.143. The normalized spacial score (nSPS) is 10.6. The third kappa shape index (κ3) is 5.03. The van der Waals surface area contributed by atoms with Crippen molar-refractivity contribution >= 4 is 28.6 Å². The molecule has 0 fully saturated rings. The van der Waals surface area contributed by atoms with Crippen LogP contribution in [0.4, 0.5) is 0 Å². The van der Waals surface area contributed by atoms with Crippen LogP contribution in [0.1, 0.15) is 45.2 Å². The lowest BCUT2D eigenvalue weighted by atomic mass is 10.0. The van der Waals surface area contributed by atoms with Crippen LogP contribution >= 0.6 is 0 Å². The minimum atomic E-state index is -0.470. The van der Waals surface area contributed by atoms with Crippen molar-refractivity contribution in [3.63, 3.8) is 0 Å². The van der Waals surface area contributed by atoms with Gasteiger partial charge in [-0.05, 0) is 49.2 Å². The monoisotopic (exact) mass is 431 g/mol. The molecule has 0 bridgehead atoms. The van der Waals surface area contributed by atoms with Gasteiger partial charge in [-0.3, -0.25) is 14.4 Å². The Morgan fingerprint density at radius 1 is 1.12 bits per heavy atom. The number of nitriles is 1. The fourth-order valence-electron chi connectivity index (χ4n) is 3.58. The maximum absolute atomic E-state index is 13.0. The van der Waals surface area contributed by atoms with Crippen LogP contribution in [0.5, 0.6) is 0 Å². The van der Waals surface area contributed by atoms with Crippen molar-refractivity contribution in [2.75, 3.05) is 20.2 Å². The minimum Gasteiger partial charge on any atom is -0.465 e. The van der Waals surface area contributed by atoms with Gasteiger partial charge in [0.2, 0.25) is 0 Å². The number of esters is 1. The highest BCUT2D eigenvalue weighted by molar-refractivity contribution is 6.10. The lowest BCUT2D eigenvalue weighted by Gasteiger charge is -2.16. The summed E-state index contributed by atoms with van der Waals surface area (Å²) in [7, 11) is 3.40. The second-order valence-electron chi connectivity index (χ2n) is 7.58. The smallest absolute Gasteiger partial charge is 0.325 e. The number of amides is 1. The van der Waals surface area contributed by atoms with Crippen LogP contribution in [0.2, 0.25) is 0 Å². The van der Waals surface area contributed by atoms with Gasteiger partial charge in [0.25, 0.3) is 5.91 Å². The van der Waals surface area contributed by atoms with Crippen LogP contribution in [-0.2, 0) is 23.0 Å². The molecule has 0 saturated carbocycles. The van der Waals surface area contributed by atoms with Gasteiger partial charge < -0.3 is 14.2 Å². The van der Waals surface area contributed by atoms with E-state index in [9.17, 15) is 14.4 Å². The zero-order valence-electron chi connectivity index (χ0n) is 18.4. The number of rotatable bonds is 8. The predicted molar refractivity (Wildman–Crippen MR) is 120 cm³/mol. The molecule has 0 unspecified atom stereocenters. The number of carbonyl (C=O) groups is 3. The number of ketones is 1. The average Bonchev–Trinajstić information content (AvgIpc) is 3.13. The van der Waals surface area contributed by atoms with Crippen molar-refractivity contribution < 1.29 is 19.1 Å². The molecule has 0 atom stereocenters. The number of aromatic nitrogens is 1. The molecular formula is C25H25N3O4. The Kier molecular flexibility index (Phi) is 7.06. The number of likely N-dealkylation sites (N-methyl/N-ethyl adjacent to an activating group) is 1. The topological polar surface area (TPSA) is 92.4 Å². The van der Waals surface area contributed by atoms with E-state index in [1.807, 2.05) is 23.7 Å². The third-order valence-corrected chi connectivity index (χ3v) is 5.28. The number of hydrogen-bond donors (Lipinski definition) is 0. The van der Waals surface area contributed by atoms with Gasteiger partial charge in [-0.15, -0.1) is 0 Å². The summed E-state index contributed by atoms with van der Waals surface area (Å²) in [5.41, 5.74) is 3.36. The van der Waals surface area contributed by atoms with Gasteiger partial charge >= 0.3 is 5.97 Å². The zero-order valence-corrected chi connectivity index (χ0v) is 18.4. The molecule has 2 aromatic carbocycles. The van der Waals surface area contributed by atoms with E-state index >= 15 is 0 Å². The van der Waals surface area contributed by atoms with Crippen LogP contribution in [0.15, 0.2) is 48.7 Å². The first-order chi connectivity index (χ1) is 15.3. The first kappa shape index (κ1) is 22.8. The molecule has 0 aliphatic heterocycles. The van der Waals surface area contributed by atoms with E-state index in [0.29, 0.717) is 34.9 Å². The summed E-state index contributed by atoms with van der Waals surface area (Å²) in [5, 5.41) is 9.61. The molecule has 0 aliphatic carbocycles. The molecule has 1 heterocycles. The van der Waals surface area contributed by atoms with Crippen molar-refractivity contribution in [1.29, 1.82) is 5.26 Å². The summed E-state index contributed by atoms with van der Waals surface area (Å²) in [6.45, 7) is 1.82. The van der Waals surface area contributed by atoms with Crippen LogP contribution < -0.4 is 0 Å². The number of Topliss-reactive ketones (excluding diaryl/α,β-unsaturated/α-hetero) is 1. The van der Waals surface area contributed by atoms with Crippen molar-refractivity contribution in [1.82, 2.24) is 9.47 Å². The maximum Gasteiger partial charge on any atom is 0.325 e. The van der Waals surface area contributed by atoms with Gasteiger partial charge in [-0.25, -0.2) is 0 Å². The SMILES string of the molecule is CCOC(=O)CN(C)C(=O)c1ccc2c(c1)c(C(=O)CCc1ccc(C#N)cc1)cn2C. The van der Waals surface area contributed by atoms with Gasteiger partial charge in [0.1, 0.15) is 6.54 Å². The van der Waals surface area contributed by atoms with E-state index in [-0.39, 0.29) is 24.8 Å². The number of aryl methyl sites for hydroxylation is 2. The quantitative estimate of drug-likeness (QED) is 0.402. The number of ether oxygens (including phenoxy) is 1. The largest absolute Gasteiger partial charge is 0.465 e. The molecule has 1 amide bonds. The number of fused-ring (bicyclic) bond motifs is 1. The van der Waals surface area contributed by atoms with Crippen molar-refractivity contribution in [3.05, 3.63) is 70.9 Å². The Hall–Kier alpha value is -3.92. The van der Waals surface area contributed by atoms with Gasteiger partial charge in [0.05, 0.1) is 18.2 Å². The fourth-order valence-corrected chi connectivity index (χ4v) is 3.58. The lowest BCUT2D eigenvalue weighted by Crippen LogP contribution is -2.33. The predicted octanol–water partition coefficient (Wildman–Crippen LogP) is 3.50. The van der Waals surface area contributed by atoms with E-state index in [1.165, 1.54) is 11.9 Å². The third-order valence-electron chi connectivity index (χ3n) is 5.28. The zero-order chi connectivity index (χ0) is 23.3. The van der Waals surface area contributed by atoms with Crippen LogP contribution in [0.25, 0.3) is 10.9 Å². The van der Waals surface area contributed by atoms with Crippen LogP contribution in [0, 0.1) is 11.3 Å². The molecule has 7 nitrogen and oxygen atoms in total. The van der Waals surface area contributed by atoms with Crippen molar-refractivity contribution in [3.8, 4) is 6.07 Å². The van der Waals surface area contributed by atoms with Crippen molar-refractivity contribution in [2.45, 2.75) is 19.8 Å². The summed E-state index contributed by atoms with van der Waals surface area (Å²) in [4.78, 5) is 38.8. The molecule has 1 aromatic heterocycles. The minimum absolute atomic E-state index is 0.0237. The maximum atomic E-state index is 13.0. The second-order valence-corrected chi connectivity index (χ2v) is 7.58. The summed E-state index contributed by atoms with van der Waals surface area (Å²) < 4.78 is 6.76. The van der Waals surface area contributed by atoms with Crippen LogP contribution in [-0.4, -0.2) is 47.3 Å². The first-order valence-electron chi connectivity index (χ1n) is 10.4. The highest BCUT2D eigenvalue weighted by Gasteiger charge is 2.19. The molecule has 0 radical (unpaired) electrons. The molecule has 3 rings (SSSR count). The summed E-state index contributed by atoms with van der Waals surface area (Å²) >= 11 is 0. The van der Waals surface area contributed by atoms with Crippen molar-refractivity contribution in [2.24, 2.45) is 7.05 Å². The summed E-state index contributed by atoms with van der Waals surface area (Å²) in [6, 6.07) is 14.5. The number of nitrogens with zero attached hydrogens (tertiary/aromatic N) is 3. The Labute approximate surface area is 186 Å². The van der Waals surface area contributed by atoms with Gasteiger partial charge in [-0.1, -0.05) is 12.1 Å². The average molecular weight is 431 g/mol. The summed E-state index contributed by atoms with van der Waals surface area (Å²) in [5.74, 6) is -0.813. The Bertz CT molecular complexity index is 1200. The molecule has 7 heteroatoms. The van der Waals surface area contributed by atoms with E-state index in [0.717, 1.165) is 11.1 Å². The second kappa shape index (κ2) is 9.92. The molecule has 3 aromatic rings. The Morgan fingerprint density at radius 3 is 2.50 bits per heavy atom. The Balaban J connectivity index is 1.80. The number of carbonyl (C=O) groups excluding carboxylic acids is 3. The standard InChI is InChI=1S/C25H25N3O4/c1-4-32-24(30)16-28(3)25(31)19-10-11-22-20(13-19)21(15-27(22)2)23(29)12-9-17-5-7-18(14-26)8-6-17/h5-8,10-11,13,15H,4,9,12,16H2,1-3H3. The number of hydrogen-bond acceptors (Lipinski definition) is 5. The molecule has 32 heavy (non-hydrogen) atoms. The fraction of sp³-hybridized carbons (Fsp3) is 0.280. The first-order valence-corrected chi connectivity index (χ1v) is 10.4.